The van der Waals surface area contributed by atoms with Crippen molar-refractivity contribution in [3.05, 3.63) is 59.9 Å². The van der Waals surface area contributed by atoms with Crippen molar-refractivity contribution in [3.63, 3.8) is 0 Å². The number of nitrogen functional groups attached to an aromatic ring is 1. The third-order valence-corrected chi connectivity index (χ3v) is 5.41. The van der Waals surface area contributed by atoms with E-state index in [-0.39, 0.29) is 5.95 Å². The second-order valence-corrected chi connectivity index (χ2v) is 7.31. The first kappa shape index (κ1) is 19.9. The SMILES string of the molecule is COc1ccc([C@@H]2CCC[NH+]2Cc2nc(N)nc(Nc3ccccc3)n2)c(OC)c1. The van der Waals surface area contributed by atoms with E-state index >= 15 is 0 Å². The zero-order chi connectivity index (χ0) is 20.9. The lowest BCUT2D eigenvalue weighted by atomic mass is 10.0. The van der Waals surface area contributed by atoms with E-state index in [4.69, 9.17) is 15.2 Å². The van der Waals surface area contributed by atoms with Crippen LogP contribution in [-0.4, -0.2) is 35.7 Å². The van der Waals surface area contributed by atoms with Gasteiger partial charge in [0.25, 0.3) is 0 Å². The molecule has 2 atom stereocenters. The molecule has 30 heavy (non-hydrogen) atoms. The number of nitrogens with zero attached hydrogens (tertiary/aromatic N) is 3. The van der Waals surface area contributed by atoms with Crippen LogP contribution in [0.5, 0.6) is 11.5 Å². The van der Waals surface area contributed by atoms with E-state index < -0.39 is 0 Å². The molecule has 0 radical (unpaired) electrons. The summed E-state index contributed by atoms with van der Waals surface area (Å²) in [7, 11) is 3.36. The number of anilines is 3. The quantitative estimate of drug-likeness (QED) is 0.552. The molecule has 4 N–H and O–H groups in total. The van der Waals surface area contributed by atoms with E-state index in [1.165, 1.54) is 10.5 Å². The lowest BCUT2D eigenvalue weighted by molar-refractivity contribution is -0.932. The number of benzene rings is 2. The molecule has 1 unspecified atom stereocenters. The normalized spacial score (nSPS) is 18.2. The van der Waals surface area contributed by atoms with Crippen molar-refractivity contribution in [1.82, 2.24) is 15.0 Å². The van der Waals surface area contributed by atoms with Gasteiger partial charge in [-0.2, -0.15) is 15.0 Å². The summed E-state index contributed by atoms with van der Waals surface area (Å²) in [6.45, 7) is 1.70. The zero-order valence-corrected chi connectivity index (χ0v) is 17.3. The average Bonchev–Trinajstić information content (AvgIpc) is 3.21. The fraction of sp³-hybridized carbons (Fsp3) is 0.318. The first-order chi connectivity index (χ1) is 14.7. The molecule has 0 amide bonds. The number of nitrogens with two attached hydrogens (primary N) is 1. The van der Waals surface area contributed by atoms with Crippen LogP contribution in [0.3, 0.4) is 0 Å². The minimum atomic E-state index is 0.218. The smallest absolute Gasteiger partial charge is 0.232 e. The monoisotopic (exact) mass is 407 g/mol. The topological polar surface area (TPSA) is 99.6 Å². The van der Waals surface area contributed by atoms with Gasteiger partial charge < -0.3 is 25.4 Å². The Labute approximate surface area is 176 Å². The summed E-state index contributed by atoms with van der Waals surface area (Å²) in [6.07, 6.45) is 2.21. The minimum Gasteiger partial charge on any atom is -0.497 e. The molecule has 2 aromatic carbocycles. The van der Waals surface area contributed by atoms with Gasteiger partial charge in [0.2, 0.25) is 11.9 Å². The van der Waals surface area contributed by atoms with E-state index in [1.54, 1.807) is 14.2 Å². The molecule has 0 saturated carbocycles. The number of nitrogens with one attached hydrogen (secondary N) is 2. The summed E-state index contributed by atoms with van der Waals surface area (Å²) in [5, 5.41) is 3.20. The molecule has 1 saturated heterocycles. The van der Waals surface area contributed by atoms with E-state index in [2.05, 4.69) is 26.3 Å². The van der Waals surface area contributed by atoms with Gasteiger partial charge in [-0.3, -0.25) is 0 Å². The zero-order valence-electron chi connectivity index (χ0n) is 17.3. The second-order valence-electron chi connectivity index (χ2n) is 7.31. The second kappa shape index (κ2) is 8.96. The fourth-order valence-corrected chi connectivity index (χ4v) is 4.03. The van der Waals surface area contributed by atoms with Crippen molar-refractivity contribution in [2.75, 3.05) is 31.8 Å². The highest BCUT2D eigenvalue weighted by atomic mass is 16.5. The third kappa shape index (κ3) is 4.44. The van der Waals surface area contributed by atoms with Crippen LogP contribution in [0.25, 0.3) is 0 Å². The maximum Gasteiger partial charge on any atom is 0.232 e. The molecule has 8 nitrogen and oxygen atoms in total. The summed E-state index contributed by atoms with van der Waals surface area (Å²) in [5.74, 6) is 2.99. The van der Waals surface area contributed by atoms with Gasteiger partial charge in [0, 0.05) is 24.6 Å². The largest absolute Gasteiger partial charge is 0.497 e. The van der Waals surface area contributed by atoms with Crippen molar-refractivity contribution < 1.29 is 14.4 Å². The van der Waals surface area contributed by atoms with Gasteiger partial charge in [0.1, 0.15) is 24.1 Å². The molecule has 1 aliphatic heterocycles. The number of ether oxygens (including phenoxy) is 2. The number of methoxy groups -OCH3 is 2. The van der Waals surface area contributed by atoms with Crippen LogP contribution in [0.15, 0.2) is 48.5 Å². The number of hydrogen-bond acceptors (Lipinski definition) is 7. The van der Waals surface area contributed by atoms with Crippen molar-refractivity contribution in [1.29, 1.82) is 0 Å². The molecule has 8 heteroatoms. The van der Waals surface area contributed by atoms with Gasteiger partial charge >= 0.3 is 0 Å². The molecular weight excluding hydrogens is 380 g/mol. The molecule has 0 bridgehead atoms. The van der Waals surface area contributed by atoms with Crippen molar-refractivity contribution in [2.45, 2.75) is 25.4 Å². The molecule has 0 spiro atoms. The van der Waals surface area contributed by atoms with Crippen LogP contribution in [-0.2, 0) is 6.54 Å². The minimum absolute atomic E-state index is 0.218. The lowest BCUT2D eigenvalue weighted by Gasteiger charge is -2.23. The molecule has 0 aliphatic carbocycles. The Morgan fingerprint density at radius 1 is 1.07 bits per heavy atom. The maximum absolute atomic E-state index is 5.97. The fourth-order valence-electron chi connectivity index (χ4n) is 4.03. The van der Waals surface area contributed by atoms with E-state index in [0.29, 0.717) is 24.4 Å². The number of hydrogen-bond donors (Lipinski definition) is 3. The van der Waals surface area contributed by atoms with Gasteiger partial charge in [-0.1, -0.05) is 18.2 Å². The van der Waals surface area contributed by atoms with Crippen LogP contribution < -0.4 is 25.4 Å². The molecule has 1 fully saturated rings. The van der Waals surface area contributed by atoms with Gasteiger partial charge in [-0.25, -0.2) is 0 Å². The Morgan fingerprint density at radius 3 is 2.67 bits per heavy atom. The van der Waals surface area contributed by atoms with Crippen LogP contribution in [0.2, 0.25) is 0 Å². The van der Waals surface area contributed by atoms with E-state index in [9.17, 15) is 0 Å². The van der Waals surface area contributed by atoms with Gasteiger partial charge in [0.15, 0.2) is 5.82 Å². The summed E-state index contributed by atoms with van der Waals surface area (Å²) in [4.78, 5) is 14.6. The van der Waals surface area contributed by atoms with Crippen molar-refractivity contribution in [3.8, 4) is 11.5 Å². The maximum atomic E-state index is 5.97. The van der Waals surface area contributed by atoms with Gasteiger partial charge in [-0.15, -0.1) is 0 Å². The standard InChI is InChI=1S/C22H26N6O2/c1-29-16-10-11-17(19(13-16)30-2)18-9-6-12-28(18)14-20-25-21(23)27-22(26-20)24-15-7-4-3-5-8-15/h3-5,7-8,10-11,13,18H,6,9,12,14H2,1-2H3,(H3,23,24,25,26,27)/p+1/t18-/m0/s1. The molecular formula is C22H27N6O2+. The van der Waals surface area contributed by atoms with Crippen LogP contribution in [0, 0.1) is 0 Å². The highest BCUT2D eigenvalue weighted by molar-refractivity contribution is 5.53. The number of aromatic nitrogens is 3. The Morgan fingerprint density at radius 2 is 1.90 bits per heavy atom. The van der Waals surface area contributed by atoms with Crippen molar-refractivity contribution >= 4 is 17.6 Å². The summed E-state index contributed by atoms with van der Waals surface area (Å²) in [5.41, 5.74) is 8.05. The number of para-hydroxylation sites is 1. The number of rotatable bonds is 7. The predicted octanol–water partition coefficient (Wildman–Crippen LogP) is 2.13. The highest BCUT2D eigenvalue weighted by Crippen LogP contribution is 2.31. The van der Waals surface area contributed by atoms with E-state index in [1.807, 2.05) is 42.5 Å². The Hall–Kier alpha value is -3.39. The van der Waals surface area contributed by atoms with E-state index in [0.717, 1.165) is 36.6 Å². The van der Waals surface area contributed by atoms with Gasteiger partial charge in [-0.05, 0) is 24.3 Å². The first-order valence-electron chi connectivity index (χ1n) is 10.1. The lowest BCUT2D eigenvalue weighted by Crippen LogP contribution is -3.09. The summed E-state index contributed by atoms with van der Waals surface area (Å²) in [6, 6.07) is 16.1. The Balaban J connectivity index is 1.55. The molecule has 156 valence electrons. The first-order valence-corrected chi connectivity index (χ1v) is 10.1. The predicted molar refractivity (Wildman–Crippen MR) is 115 cm³/mol. The average molecular weight is 407 g/mol. The van der Waals surface area contributed by atoms with Crippen molar-refractivity contribution in [2.24, 2.45) is 0 Å². The summed E-state index contributed by atoms with van der Waals surface area (Å²) >= 11 is 0. The number of quaternary nitrogens is 1. The molecule has 4 rings (SSSR count). The summed E-state index contributed by atoms with van der Waals surface area (Å²) < 4.78 is 11.0. The highest BCUT2D eigenvalue weighted by Gasteiger charge is 2.33. The van der Waals surface area contributed by atoms with Crippen LogP contribution in [0.4, 0.5) is 17.6 Å². The molecule has 1 aromatic heterocycles. The Bertz CT molecular complexity index is 998. The molecule has 1 aliphatic rings. The van der Waals surface area contributed by atoms with Crippen LogP contribution in [0.1, 0.15) is 30.3 Å². The number of likely N-dealkylation sites (tertiary alicyclic amines) is 1. The third-order valence-electron chi connectivity index (χ3n) is 5.41. The molecule has 3 aromatic rings. The molecule has 2 heterocycles. The van der Waals surface area contributed by atoms with Crippen LogP contribution >= 0.6 is 0 Å². The Kier molecular flexibility index (Phi) is 5.94. The van der Waals surface area contributed by atoms with Gasteiger partial charge in [0.05, 0.1) is 26.3 Å².